The third-order valence-corrected chi connectivity index (χ3v) is 2.35. The second-order valence-corrected chi connectivity index (χ2v) is 3.89. The second kappa shape index (κ2) is 6.24. The molecule has 0 spiro atoms. The maximum absolute atomic E-state index is 11.6. The van der Waals surface area contributed by atoms with Gasteiger partial charge in [-0.15, -0.1) is 0 Å². The van der Waals surface area contributed by atoms with E-state index < -0.39 is 12.1 Å². The monoisotopic (exact) mass is 271 g/mol. The van der Waals surface area contributed by atoms with E-state index in [0.29, 0.717) is 17.1 Å². The average Bonchev–Trinajstić information content (AvgIpc) is 2.41. The minimum atomic E-state index is -0.644. The summed E-state index contributed by atoms with van der Waals surface area (Å²) in [7, 11) is 0. The number of primary amides is 1. The van der Waals surface area contributed by atoms with Gasteiger partial charge in [0.15, 0.2) is 0 Å². The Kier molecular flexibility index (Phi) is 4.18. The summed E-state index contributed by atoms with van der Waals surface area (Å²) in [4.78, 5) is 22.3. The highest BCUT2D eigenvalue weighted by Gasteiger charge is 2.04. The van der Waals surface area contributed by atoms with Gasteiger partial charge in [-0.3, -0.25) is 5.32 Å². The van der Waals surface area contributed by atoms with Gasteiger partial charge in [0.05, 0.1) is 0 Å². The Morgan fingerprint density at radius 3 is 1.95 bits per heavy atom. The van der Waals surface area contributed by atoms with Crippen LogP contribution in [0.5, 0.6) is 5.75 Å². The fraction of sp³-hybridized carbons (Fsp3) is 0. The number of benzene rings is 2. The zero-order chi connectivity index (χ0) is 14.4. The largest absolute Gasteiger partial charge is 0.417 e. The number of rotatable bonds is 3. The number of nitrogens with one attached hydrogen (secondary N) is 2. The van der Waals surface area contributed by atoms with Crippen molar-refractivity contribution >= 4 is 23.5 Å². The van der Waals surface area contributed by atoms with Gasteiger partial charge in [0.1, 0.15) is 5.75 Å². The molecule has 4 N–H and O–H groups in total. The molecule has 0 aliphatic carbocycles. The predicted octanol–water partition coefficient (Wildman–Crippen LogP) is 2.79. The smallest absolute Gasteiger partial charge is 0.410 e. The Morgan fingerprint density at radius 2 is 1.40 bits per heavy atom. The molecular formula is C14H13N3O3. The van der Waals surface area contributed by atoms with Crippen molar-refractivity contribution in [2.75, 3.05) is 10.6 Å². The lowest BCUT2D eigenvalue weighted by Gasteiger charge is -2.07. The molecule has 0 atom stereocenters. The number of urea groups is 1. The topological polar surface area (TPSA) is 93.5 Å². The van der Waals surface area contributed by atoms with Gasteiger partial charge in [0.25, 0.3) is 0 Å². The van der Waals surface area contributed by atoms with Crippen molar-refractivity contribution < 1.29 is 14.3 Å². The molecule has 6 nitrogen and oxygen atoms in total. The summed E-state index contributed by atoms with van der Waals surface area (Å²) >= 11 is 0. The van der Waals surface area contributed by atoms with Crippen LogP contribution in [0, 0.1) is 0 Å². The Morgan fingerprint density at radius 1 is 0.850 bits per heavy atom. The lowest BCUT2D eigenvalue weighted by molar-refractivity contribution is 0.215. The number of hydrogen-bond donors (Lipinski definition) is 3. The molecule has 102 valence electrons. The van der Waals surface area contributed by atoms with E-state index >= 15 is 0 Å². The number of carbonyl (C=O) groups excluding carboxylic acids is 2. The van der Waals surface area contributed by atoms with Crippen molar-refractivity contribution in [2.45, 2.75) is 0 Å². The van der Waals surface area contributed by atoms with Crippen molar-refractivity contribution in [3.05, 3.63) is 54.6 Å². The summed E-state index contributed by atoms with van der Waals surface area (Å²) in [6.07, 6.45) is -0.591. The summed E-state index contributed by atoms with van der Waals surface area (Å²) < 4.78 is 5.07. The number of ether oxygens (including phenoxy) is 1. The maximum Gasteiger partial charge on any atom is 0.417 e. The number of hydrogen-bond acceptors (Lipinski definition) is 3. The molecule has 2 aromatic rings. The normalized spacial score (nSPS) is 9.60. The van der Waals surface area contributed by atoms with Gasteiger partial charge in [-0.2, -0.15) is 0 Å². The Balaban J connectivity index is 1.93. The van der Waals surface area contributed by atoms with E-state index in [1.165, 1.54) is 0 Å². The van der Waals surface area contributed by atoms with E-state index in [1.807, 2.05) is 6.07 Å². The summed E-state index contributed by atoms with van der Waals surface area (Å²) in [5.41, 5.74) is 6.07. The molecule has 0 fully saturated rings. The van der Waals surface area contributed by atoms with E-state index in [1.54, 1.807) is 48.5 Å². The maximum atomic E-state index is 11.6. The molecular weight excluding hydrogens is 258 g/mol. The summed E-state index contributed by atoms with van der Waals surface area (Å²) in [5.74, 6) is 0.456. The highest BCUT2D eigenvalue weighted by Crippen LogP contribution is 2.14. The Bertz CT molecular complexity index is 597. The first kappa shape index (κ1) is 13.4. The molecule has 0 unspecified atom stereocenters. The minimum Gasteiger partial charge on any atom is -0.410 e. The van der Waals surface area contributed by atoms with Crippen molar-refractivity contribution in [3.8, 4) is 5.75 Å². The molecule has 0 aliphatic heterocycles. The van der Waals surface area contributed by atoms with Gasteiger partial charge >= 0.3 is 12.1 Å². The van der Waals surface area contributed by atoms with Crippen LogP contribution in [0.3, 0.4) is 0 Å². The molecule has 0 saturated heterocycles. The fourth-order valence-corrected chi connectivity index (χ4v) is 1.52. The molecule has 0 heterocycles. The van der Waals surface area contributed by atoms with Gasteiger partial charge in [-0.05, 0) is 36.4 Å². The molecule has 0 aliphatic rings. The molecule has 3 amide bonds. The first-order chi connectivity index (χ1) is 9.63. The third kappa shape index (κ3) is 4.02. The summed E-state index contributed by atoms with van der Waals surface area (Å²) in [6, 6.07) is 14.6. The van der Waals surface area contributed by atoms with Crippen molar-refractivity contribution in [1.29, 1.82) is 0 Å². The van der Waals surface area contributed by atoms with Crippen LogP contribution in [0.1, 0.15) is 0 Å². The van der Waals surface area contributed by atoms with E-state index in [9.17, 15) is 9.59 Å². The lowest BCUT2D eigenvalue weighted by atomic mass is 10.3. The quantitative estimate of drug-likeness (QED) is 0.801. The van der Waals surface area contributed by atoms with Crippen molar-refractivity contribution in [1.82, 2.24) is 0 Å². The highest BCUT2D eigenvalue weighted by atomic mass is 16.6. The second-order valence-electron chi connectivity index (χ2n) is 3.89. The zero-order valence-electron chi connectivity index (χ0n) is 10.5. The first-order valence-corrected chi connectivity index (χ1v) is 5.84. The molecule has 2 rings (SSSR count). The molecule has 0 radical (unpaired) electrons. The highest BCUT2D eigenvalue weighted by molar-refractivity contribution is 5.89. The SMILES string of the molecule is NC(=O)Nc1ccc(NC(=O)Oc2ccccc2)cc1. The van der Waals surface area contributed by atoms with Crippen LogP contribution in [0.4, 0.5) is 21.0 Å². The fourth-order valence-electron chi connectivity index (χ4n) is 1.52. The van der Waals surface area contributed by atoms with Crippen LogP contribution in [0.2, 0.25) is 0 Å². The van der Waals surface area contributed by atoms with E-state index in [-0.39, 0.29) is 0 Å². The molecule has 0 saturated carbocycles. The van der Waals surface area contributed by atoms with Gasteiger partial charge in [0, 0.05) is 11.4 Å². The number of nitrogens with two attached hydrogens (primary N) is 1. The van der Waals surface area contributed by atoms with E-state index in [4.69, 9.17) is 10.5 Å². The molecule has 0 bridgehead atoms. The summed E-state index contributed by atoms with van der Waals surface area (Å²) in [6.45, 7) is 0. The molecule has 20 heavy (non-hydrogen) atoms. The van der Waals surface area contributed by atoms with Gasteiger partial charge in [0.2, 0.25) is 0 Å². The van der Waals surface area contributed by atoms with Gasteiger partial charge < -0.3 is 15.8 Å². The standard InChI is InChI=1S/C14H13N3O3/c15-13(18)16-10-6-8-11(9-7-10)17-14(19)20-12-4-2-1-3-5-12/h1-9H,(H,17,19)(H3,15,16,18). The van der Waals surface area contributed by atoms with E-state index in [2.05, 4.69) is 10.6 Å². The average molecular weight is 271 g/mol. The van der Waals surface area contributed by atoms with Crippen LogP contribution < -0.4 is 21.1 Å². The Labute approximate surface area is 115 Å². The van der Waals surface area contributed by atoms with E-state index in [0.717, 1.165) is 0 Å². The van der Waals surface area contributed by atoms with Gasteiger partial charge in [-0.1, -0.05) is 18.2 Å². The van der Waals surface area contributed by atoms with Gasteiger partial charge in [-0.25, -0.2) is 9.59 Å². The third-order valence-electron chi connectivity index (χ3n) is 2.35. The molecule has 0 aromatic heterocycles. The summed E-state index contributed by atoms with van der Waals surface area (Å²) in [5, 5.41) is 4.99. The minimum absolute atomic E-state index is 0.456. The number of amides is 3. The van der Waals surface area contributed by atoms with Crippen LogP contribution in [-0.4, -0.2) is 12.1 Å². The Hall–Kier alpha value is -3.02. The van der Waals surface area contributed by atoms with Crippen molar-refractivity contribution in [3.63, 3.8) is 0 Å². The first-order valence-electron chi connectivity index (χ1n) is 5.84. The zero-order valence-corrected chi connectivity index (χ0v) is 10.5. The number of anilines is 2. The molecule has 2 aromatic carbocycles. The van der Waals surface area contributed by atoms with Crippen LogP contribution in [0.15, 0.2) is 54.6 Å². The lowest BCUT2D eigenvalue weighted by Crippen LogP contribution is -2.19. The van der Waals surface area contributed by atoms with Crippen LogP contribution >= 0.6 is 0 Å². The van der Waals surface area contributed by atoms with Crippen molar-refractivity contribution in [2.24, 2.45) is 5.73 Å². The predicted molar refractivity (Wildman–Crippen MR) is 75.7 cm³/mol. The van der Waals surface area contributed by atoms with Crippen LogP contribution in [-0.2, 0) is 0 Å². The number of carbonyl (C=O) groups is 2. The number of para-hydroxylation sites is 1. The van der Waals surface area contributed by atoms with Crippen LogP contribution in [0.25, 0.3) is 0 Å². The molecule has 6 heteroatoms.